The number of aryl methyl sites for hydroxylation is 1. The van der Waals surface area contributed by atoms with E-state index in [1.165, 1.54) is 17.2 Å². The summed E-state index contributed by atoms with van der Waals surface area (Å²) in [6.45, 7) is 3.63. The molecule has 2 N–H and O–H groups in total. The molecule has 0 unspecified atom stereocenters. The Morgan fingerprint density at radius 3 is 2.30 bits per heavy atom. The number of hydrogen-bond donors (Lipinski definition) is 1. The molecule has 5 rings (SSSR count). The Morgan fingerprint density at radius 1 is 1.06 bits per heavy atom. The maximum atomic E-state index is 13.6. The molecule has 0 saturated carbocycles. The molecule has 1 amide bonds. The van der Waals surface area contributed by atoms with Gasteiger partial charge < -0.3 is 10.6 Å². The lowest BCUT2D eigenvalue weighted by Gasteiger charge is -2.32. The molecule has 2 aliphatic carbocycles. The van der Waals surface area contributed by atoms with E-state index in [1.807, 2.05) is 36.1 Å². The lowest BCUT2D eigenvalue weighted by molar-refractivity contribution is 0.0711. The van der Waals surface area contributed by atoms with Gasteiger partial charge in [-0.15, -0.1) is 24.8 Å². The van der Waals surface area contributed by atoms with Gasteiger partial charge in [0, 0.05) is 31.4 Å². The zero-order chi connectivity index (χ0) is 21.8. The highest BCUT2D eigenvalue weighted by Crippen LogP contribution is 2.32. The largest absolute Gasteiger partial charge is 0.339 e. The van der Waals surface area contributed by atoms with Gasteiger partial charge in [-0.3, -0.25) is 9.78 Å². The van der Waals surface area contributed by atoms with E-state index in [0.717, 1.165) is 30.5 Å². The number of nitrogens with two attached hydrogens (primary N) is 1. The van der Waals surface area contributed by atoms with E-state index < -0.39 is 0 Å². The van der Waals surface area contributed by atoms with Crippen molar-refractivity contribution in [3.63, 3.8) is 0 Å². The fraction of sp³-hybridized carbons (Fsp3) is 0.308. The predicted octanol–water partition coefficient (Wildman–Crippen LogP) is 5.77. The van der Waals surface area contributed by atoms with Gasteiger partial charge in [0.05, 0.1) is 11.3 Å². The molecule has 1 aromatic carbocycles. The van der Waals surface area contributed by atoms with Crippen molar-refractivity contribution in [1.82, 2.24) is 9.88 Å². The second-order valence-corrected chi connectivity index (χ2v) is 8.05. The van der Waals surface area contributed by atoms with Gasteiger partial charge in [-0.2, -0.15) is 0 Å². The molecule has 3 aliphatic rings. The number of aromatic nitrogens is 1. The van der Waals surface area contributed by atoms with E-state index >= 15 is 0 Å². The lowest BCUT2D eigenvalue weighted by atomic mass is 9.88. The summed E-state index contributed by atoms with van der Waals surface area (Å²) in [7, 11) is 0. The van der Waals surface area contributed by atoms with Crippen molar-refractivity contribution in [3.05, 3.63) is 89.0 Å². The van der Waals surface area contributed by atoms with Crippen LogP contribution in [0.2, 0.25) is 0 Å². The molecule has 0 bridgehead atoms. The molecular formula is C26H30Cl2FN3O. The van der Waals surface area contributed by atoms with Crippen LogP contribution in [-0.4, -0.2) is 28.9 Å². The van der Waals surface area contributed by atoms with Gasteiger partial charge in [0.15, 0.2) is 0 Å². The fourth-order valence-electron chi connectivity index (χ4n) is 4.18. The molecule has 2 aromatic rings. The third kappa shape index (κ3) is 6.32. The molecule has 4 nitrogen and oxygen atoms in total. The SMILES string of the molecule is CCc1ncccc1C(=O)N1CCC(c2ccc(F)c(CN)c2)CC1.Cl.Cl.c1cc2cc-2c1. The summed E-state index contributed by atoms with van der Waals surface area (Å²) in [5, 5.41) is 0. The molecule has 1 fully saturated rings. The first-order chi connectivity index (χ1) is 15.1. The summed E-state index contributed by atoms with van der Waals surface area (Å²) in [4.78, 5) is 19.0. The Labute approximate surface area is 207 Å². The van der Waals surface area contributed by atoms with Crippen LogP contribution in [0, 0.1) is 5.82 Å². The third-order valence-electron chi connectivity index (χ3n) is 6.11. The van der Waals surface area contributed by atoms with Gasteiger partial charge in [0.2, 0.25) is 0 Å². The minimum Gasteiger partial charge on any atom is -0.339 e. The zero-order valence-electron chi connectivity index (χ0n) is 18.7. The fourth-order valence-corrected chi connectivity index (χ4v) is 4.18. The van der Waals surface area contributed by atoms with E-state index in [-0.39, 0.29) is 43.1 Å². The average Bonchev–Trinajstić information content (AvgIpc) is 3.43. The third-order valence-corrected chi connectivity index (χ3v) is 6.11. The first kappa shape index (κ1) is 26.8. The van der Waals surface area contributed by atoms with E-state index in [9.17, 15) is 9.18 Å². The van der Waals surface area contributed by atoms with Gasteiger partial charge >= 0.3 is 0 Å². The normalized spacial score (nSPS) is 13.7. The first-order valence-electron chi connectivity index (χ1n) is 10.9. The number of carbonyl (C=O) groups is 1. The quantitative estimate of drug-likeness (QED) is 0.395. The molecule has 1 saturated heterocycles. The highest BCUT2D eigenvalue weighted by molar-refractivity contribution is 5.95. The number of halogens is 3. The highest BCUT2D eigenvalue weighted by Gasteiger charge is 2.26. The minimum atomic E-state index is -0.248. The van der Waals surface area contributed by atoms with Crippen molar-refractivity contribution >= 4 is 30.7 Å². The Morgan fingerprint density at radius 2 is 1.76 bits per heavy atom. The summed E-state index contributed by atoms with van der Waals surface area (Å²) in [6.07, 6.45) is 4.23. The van der Waals surface area contributed by atoms with Gasteiger partial charge in [-0.05, 0) is 66.1 Å². The van der Waals surface area contributed by atoms with E-state index in [0.29, 0.717) is 30.1 Å². The number of nitrogens with zero attached hydrogens (tertiary/aromatic N) is 2. The van der Waals surface area contributed by atoms with Gasteiger partial charge in [-0.1, -0.05) is 37.3 Å². The number of amides is 1. The molecule has 1 aromatic heterocycles. The van der Waals surface area contributed by atoms with Crippen molar-refractivity contribution in [3.8, 4) is 11.1 Å². The Balaban J connectivity index is 0.000000412. The van der Waals surface area contributed by atoms with E-state index in [4.69, 9.17) is 5.73 Å². The second kappa shape index (κ2) is 12.1. The van der Waals surface area contributed by atoms with Crippen LogP contribution in [-0.2, 0) is 13.0 Å². The highest BCUT2D eigenvalue weighted by atomic mass is 35.5. The molecular weight excluding hydrogens is 460 g/mol. The van der Waals surface area contributed by atoms with Crippen molar-refractivity contribution in [2.45, 2.75) is 38.6 Å². The van der Waals surface area contributed by atoms with Gasteiger partial charge in [0.25, 0.3) is 5.91 Å². The van der Waals surface area contributed by atoms with Crippen LogP contribution < -0.4 is 5.73 Å². The zero-order valence-corrected chi connectivity index (χ0v) is 20.3. The van der Waals surface area contributed by atoms with Crippen LogP contribution in [0.15, 0.2) is 60.8 Å². The first-order valence-corrected chi connectivity index (χ1v) is 10.9. The monoisotopic (exact) mass is 489 g/mol. The van der Waals surface area contributed by atoms with Crippen molar-refractivity contribution in [2.24, 2.45) is 5.73 Å². The standard InChI is InChI=1S/C20H24FN3O.C6H4.2ClH/c1-2-19-17(4-3-9-23-19)20(25)24-10-7-14(8-11-24)15-5-6-18(21)16(12-15)13-22;1-2-5-4-6(5)3-1;;/h3-6,9,12,14H,2,7-8,10-11,13,22H2,1H3;1-4H;2*1H. The van der Waals surface area contributed by atoms with Gasteiger partial charge in [0.1, 0.15) is 5.82 Å². The molecule has 176 valence electrons. The predicted molar refractivity (Wildman–Crippen MR) is 136 cm³/mol. The summed E-state index contributed by atoms with van der Waals surface area (Å²) in [5.41, 5.74) is 11.7. The molecule has 0 atom stereocenters. The number of rotatable bonds is 4. The Kier molecular flexibility index (Phi) is 9.84. The molecule has 1 aliphatic heterocycles. The maximum Gasteiger partial charge on any atom is 0.255 e. The van der Waals surface area contributed by atoms with E-state index in [1.54, 1.807) is 6.20 Å². The van der Waals surface area contributed by atoms with Crippen LogP contribution in [0.4, 0.5) is 4.39 Å². The number of carbonyl (C=O) groups excluding carboxylic acids is 1. The van der Waals surface area contributed by atoms with Gasteiger partial charge in [-0.25, -0.2) is 4.39 Å². The smallest absolute Gasteiger partial charge is 0.255 e. The molecule has 7 heteroatoms. The Hall–Kier alpha value is -2.47. The number of benzene rings is 2. The Bertz CT molecular complexity index is 1070. The number of piperidine rings is 1. The lowest BCUT2D eigenvalue weighted by Crippen LogP contribution is -2.38. The number of pyridine rings is 1. The summed E-state index contributed by atoms with van der Waals surface area (Å²) in [6, 6.07) is 17.4. The number of likely N-dealkylation sites (tertiary alicyclic amines) is 1. The second-order valence-electron chi connectivity index (χ2n) is 8.05. The molecule has 33 heavy (non-hydrogen) atoms. The number of hydrogen-bond acceptors (Lipinski definition) is 3. The maximum absolute atomic E-state index is 13.6. The summed E-state index contributed by atoms with van der Waals surface area (Å²) >= 11 is 0. The van der Waals surface area contributed by atoms with Crippen LogP contribution in [0.1, 0.15) is 52.9 Å². The van der Waals surface area contributed by atoms with E-state index in [2.05, 4.69) is 29.2 Å². The minimum absolute atomic E-state index is 0. The van der Waals surface area contributed by atoms with Crippen LogP contribution >= 0.6 is 24.8 Å². The summed E-state index contributed by atoms with van der Waals surface area (Å²) in [5.74, 6) is 0.155. The molecule has 0 radical (unpaired) electrons. The topological polar surface area (TPSA) is 59.2 Å². The van der Waals surface area contributed by atoms with Crippen LogP contribution in [0.3, 0.4) is 0 Å². The number of fused-ring (bicyclic) bond motifs is 1. The van der Waals surface area contributed by atoms with Crippen molar-refractivity contribution in [2.75, 3.05) is 13.1 Å². The average molecular weight is 490 g/mol. The molecule has 2 heterocycles. The van der Waals surface area contributed by atoms with Crippen molar-refractivity contribution < 1.29 is 9.18 Å². The van der Waals surface area contributed by atoms with Crippen LogP contribution in [0.25, 0.3) is 11.1 Å². The molecule has 0 spiro atoms. The van der Waals surface area contributed by atoms with Crippen molar-refractivity contribution in [1.29, 1.82) is 0 Å². The summed E-state index contributed by atoms with van der Waals surface area (Å²) < 4.78 is 13.6. The van der Waals surface area contributed by atoms with Crippen LogP contribution in [0.5, 0.6) is 0 Å².